The standard InChI is InChI=1S/C46H31NO/c1-2-10-32(11-3-1)33-20-25-38(26-21-33)47(40-15-8-14-37(30-40)42-18-9-13-35-12-4-5-16-41(35)42)39-27-22-34(23-28-39)36-24-29-46-44(31-36)43-17-6-7-19-45(43)48-46/h1-31H. The molecule has 0 amide bonds. The Hall–Kier alpha value is -6.38. The van der Waals surface area contributed by atoms with Crippen LogP contribution in [0.1, 0.15) is 0 Å². The summed E-state index contributed by atoms with van der Waals surface area (Å²) < 4.78 is 6.09. The van der Waals surface area contributed by atoms with E-state index in [2.05, 4.69) is 181 Å². The van der Waals surface area contributed by atoms with Crippen molar-refractivity contribution in [2.75, 3.05) is 4.90 Å². The summed E-state index contributed by atoms with van der Waals surface area (Å²) in [5.74, 6) is 0. The molecule has 2 heteroatoms. The van der Waals surface area contributed by atoms with Crippen LogP contribution in [0, 0.1) is 0 Å². The fraction of sp³-hybridized carbons (Fsp3) is 0. The highest BCUT2D eigenvalue weighted by Gasteiger charge is 2.15. The third-order valence-electron chi connectivity index (χ3n) is 9.27. The second-order valence-corrected chi connectivity index (χ2v) is 12.2. The minimum Gasteiger partial charge on any atom is -0.456 e. The molecule has 0 aliphatic rings. The number of furan rings is 1. The van der Waals surface area contributed by atoms with Crippen LogP contribution >= 0.6 is 0 Å². The van der Waals surface area contributed by atoms with E-state index in [1.54, 1.807) is 0 Å². The Bertz CT molecular complexity index is 2540. The molecule has 0 radical (unpaired) electrons. The highest BCUT2D eigenvalue weighted by Crippen LogP contribution is 2.40. The van der Waals surface area contributed by atoms with Gasteiger partial charge in [-0.05, 0) is 98.8 Å². The van der Waals surface area contributed by atoms with Crippen LogP contribution in [-0.4, -0.2) is 0 Å². The van der Waals surface area contributed by atoms with E-state index in [4.69, 9.17) is 4.42 Å². The number of fused-ring (bicyclic) bond motifs is 4. The van der Waals surface area contributed by atoms with E-state index in [-0.39, 0.29) is 0 Å². The zero-order valence-electron chi connectivity index (χ0n) is 26.3. The van der Waals surface area contributed by atoms with Crippen molar-refractivity contribution in [3.63, 3.8) is 0 Å². The topological polar surface area (TPSA) is 16.4 Å². The molecule has 0 N–H and O–H groups in total. The van der Waals surface area contributed by atoms with Gasteiger partial charge in [-0.25, -0.2) is 0 Å². The molecule has 0 saturated heterocycles. The number of para-hydroxylation sites is 1. The second-order valence-electron chi connectivity index (χ2n) is 12.2. The van der Waals surface area contributed by atoms with Gasteiger partial charge in [0.25, 0.3) is 0 Å². The SMILES string of the molecule is c1ccc(-c2ccc(N(c3ccc(-c4ccc5oc6ccccc6c5c4)cc3)c3cccc(-c4cccc5ccccc45)c3)cc2)cc1. The van der Waals surface area contributed by atoms with Gasteiger partial charge < -0.3 is 9.32 Å². The van der Waals surface area contributed by atoms with E-state index in [0.717, 1.165) is 50.1 Å². The Morgan fingerprint density at radius 2 is 0.875 bits per heavy atom. The predicted molar refractivity (Wildman–Crippen MR) is 202 cm³/mol. The Morgan fingerprint density at radius 3 is 1.67 bits per heavy atom. The number of benzene rings is 8. The van der Waals surface area contributed by atoms with Crippen molar-refractivity contribution in [2.45, 2.75) is 0 Å². The maximum Gasteiger partial charge on any atom is 0.135 e. The fourth-order valence-corrected chi connectivity index (χ4v) is 6.88. The summed E-state index contributed by atoms with van der Waals surface area (Å²) in [4.78, 5) is 2.35. The molecule has 0 bridgehead atoms. The largest absolute Gasteiger partial charge is 0.456 e. The third-order valence-corrected chi connectivity index (χ3v) is 9.27. The lowest BCUT2D eigenvalue weighted by molar-refractivity contribution is 0.669. The molecule has 8 aromatic carbocycles. The Labute approximate surface area is 279 Å². The van der Waals surface area contributed by atoms with Crippen molar-refractivity contribution < 1.29 is 4.42 Å². The van der Waals surface area contributed by atoms with Gasteiger partial charge in [0.1, 0.15) is 11.2 Å². The minimum atomic E-state index is 0.910. The summed E-state index contributed by atoms with van der Waals surface area (Å²) in [6.45, 7) is 0. The maximum atomic E-state index is 6.09. The van der Waals surface area contributed by atoms with Gasteiger partial charge in [0.05, 0.1) is 0 Å². The van der Waals surface area contributed by atoms with Gasteiger partial charge in [-0.15, -0.1) is 0 Å². The van der Waals surface area contributed by atoms with E-state index in [9.17, 15) is 0 Å². The molecule has 0 saturated carbocycles. The van der Waals surface area contributed by atoms with Crippen molar-refractivity contribution >= 4 is 49.8 Å². The highest BCUT2D eigenvalue weighted by molar-refractivity contribution is 6.06. The Balaban J connectivity index is 1.14. The minimum absolute atomic E-state index is 0.910. The van der Waals surface area contributed by atoms with E-state index in [1.807, 2.05) is 12.1 Å². The average Bonchev–Trinajstić information content (AvgIpc) is 3.54. The molecular formula is C46H31NO. The normalized spacial score (nSPS) is 11.3. The number of anilines is 3. The predicted octanol–water partition coefficient (Wildman–Crippen LogP) is 13.2. The van der Waals surface area contributed by atoms with E-state index in [1.165, 1.54) is 33.0 Å². The molecule has 0 fully saturated rings. The summed E-state index contributed by atoms with van der Waals surface area (Å²) in [7, 11) is 0. The van der Waals surface area contributed by atoms with Crippen molar-refractivity contribution in [3.8, 4) is 33.4 Å². The molecule has 2 nitrogen and oxygen atoms in total. The smallest absolute Gasteiger partial charge is 0.135 e. The van der Waals surface area contributed by atoms with E-state index >= 15 is 0 Å². The third kappa shape index (κ3) is 5.01. The molecule has 0 aliphatic heterocycles. The fourth-order valence-electron chi connectivity index (χ4n) is 6.88. The van der Waals surface area contributed by atoms with Crippen LogP contribution in [0.2, 0.25) is 0 Å². The molecule has 48 heavy (non-hydrogen) atoms. The summed E-state index contributed by atoms with van der Waals surface area (Å²) in [5, 5.41) is 4.77. The van der Waals surface area contributed by atoms with E-state index in [0.29, 0.717) is 0 Å². The van der Waals surface area contributed by atoms with Gasteiger partial charge in [-0.3, -0.25) is 0 Å². The second kappa shape index (κ2) is 11.8. The maximum absolute atomic E-state index is 6.09. The first-order valence-corrected chi connectivity index (χ1v) is 16.3. The monoisotopic (exact) mass is 613 g/mol. The lowest BCUT2D eigenvalue weighted by Gasteiger charge is -2.26. The number of hydrogen-bond acceptors (Lipinski definition) is 2. The highest BCUT2D eigenvalue weighted by atomic mass is 16.3. The molecule has 0 aliphatic carbocycles. The molecule has 9 rings (SSSR count). The quantitative estimate of drug-likeness (QED) is 0.185. The summed E-state index contributed by atoms with van der Waals surface area (Å²) in [6, 6.07) is 67.0. The summed E-state index contributed by atoms with van der Waals surface area (Å²) in [6.07, 6.45) is 0. The zero-order chi connectivity index (χ0) is 31.9. The lowest BCUT2D eigenvalue weighted by atomic mass is 9.97. The lowest BCUT2D eigenvalue weighted by Crippen LogP contribution is -2.10. The van der Waals surface area contributed by atoms with Gasteiger partial charge >= 0.3 is 0 Å². The zero-order valence-corrected chi connectivity index (χ0v) is 26.3. The summed E-state index contributed by atoms with van der Waals surface area (Å²) in [5.41, 5.74) is 12.3. The first kappa shape index (κ1) is 27.9. The molecule has 1 heterocycles. The molecule has 9 aromatic rings. The van der Waals surface area contributed by atoms with Crippen LogP contribution in [0.3, 0.4) is 0 Å². The molecule has 0 atom stereocenters. The van der Waals surface area contributed by atoms with Crippen LogP contribution in [0.25, 0.3) is 66.1 Å². The molecule has 226 valence electrons. The number of nitrogens with zero attached hydrogens (tertiary/aromatic N) is 1. The summed E-state index contributed by atoms with van der Waals surface area (Å²) >= 11 is 0. The van der Waals surface area contributed by atoms with Crippen molar-refractivity contribution in [1.29, 1.82) is 0 Å². The van der Waals surface area contributed by atoms with Crippen LogP contribution in [0.5, 0.6) is 0 Å². The van der Waals surface area contributed by atoms with E-state index < -0.39 is 0 Å². The molecule has 0 unspecified atom stereocenters. The number of hydrogen-bond donors (Lipinski definition) is 0. The van der Waals surface area contributed by atoms with Crippen molar-refractivity contribution in [1.82, 2.24) is 0 Å². The van der Waals surface area contributed by atoms with Crippen molar-refractivity contribution in [3.05, 3.63) is 188 Å². The first-order chi connectivity index (χ1) is 23.8. The van der Waals surface area contributed by atoms with Gasteiger partial charge in [-0.2, -0.15) is 0 Å². The van der Waals surface area contributed by atoms with Crippen LogP contribution in [0.15, 0.2) is 192 Å². The van der Waals surface area contributed by atoms with Crippen LogP contribution < -0.4 is 4.90 Å². The average molecular weight is 614 g/mol. The van der Waals surface area contributed by atoms with Gasteiger partial charge in [-0.1, -0.05) is 133 Å². The van der Waals surface area contributed by atoms with Crippen LogP contribution in [-0.2, 0) is 0 Å². The van der Waals surface area contributed by atoms with Gasteiger partial charge in [0.15, 0.2) is 0 Å². The first-order valence-electron chi connectivity index (χ1n) is 16.3. The van der Waals surface area contributed by atoms with Gasteiger partial charge in [0, 0.05) is 27.8 Å². The number of rotatable bonds is 6. The van der Waals surface area contributed by atoms with Crippen LogP contribution in [0.4, 0.5) is 17.1 Å². The molecule has 0 spiro atoms. The van der Waals surface area contributed by atoms with Gasteiger partial charge in [0.2, 0.25) is 0 Å². The Kier molecular flexibility index (Phi) is 6.84. The Morgan fingerprint density at radius 1 is 0.312 bits per heavy atom. The van der Waals surface area contributed by atoms with Crippen molar-refractivity contribution in [2.24, 2.45) is 0 Å². The molecular weight excluding hydrogens is 583 g/mol. The molecule has 1 aromatic heterocycles.